The fourth-order valence-electron chi connectivity index (χ4n) is 2.23. The van der Waals surface area contributed by atoms with Crippen LogP contribution in [0.1, 0.15) is 30.0 Å². The molecular formula is C19H19BrN2O5. The van der Waals surface area contributed by atoms with E-state index in [4.69, 9.17) is 4.42 Å². The zero-order valence-electron chi connectivity index (χ0n) is 14.7. The van der Waals surface area contributed by atoms with Gasteiger partial charge in [0.25, 0.3) is 11.8 Å². The molecule has 27 heavy (non-hydrogen) atoms. The molecule has 1 aromatic carbocycles. The van der Waals surface area contributed by atoms with Crippen LogP contribution >= 0.6 is 15.9 Å². The molecule has 7 nitrogen and oxygen atoms in total. The van der Waals surface area contributed by atoms with Crippen LogP contribution < -0.4 is 10.6 Å². The number of hydrogen-bond acceptors (Lipinski definition) is 4. The number of carbonyl (C=O) groups is 3. The lowest BCUT2D eigenvalue weighted by molar-refractivity contribution is -0.142. The number of halogens is 1. The minimum Gasteiger partial charge on any atom is -0.480 e. The maximum atomic E-state index is 12.6. The van der Waals surface area contributed by atoms with E-state index in [1.807, 2.05) is 6.07 Å². The molecule has 8 heteroatoms. The Kier molecular flexibility index (Phi) is 6.95. The van der Waals surface area contributed by atoms with E-state index in [9.17, 15) is 19.5 Å². The summed E-state index contributed by atoms with van der Waals surface area (Å²) < 4.78 is 5.56. The van der Waals surface area contributed by atoms with Crippen molar-refractivity contribution in [3.8, 4) is 0 Å². The smallest absolute Gasteiger partial charge is 0.326 e. The average molecular weight is 435 g/mol. The summed E-state index contributed by atoms with van der Waals surface area (Å²) in [6.07, 6.45) is 1.46. The van der Waals surface area contributed by atoms with Crippen LogP contribution in [0.25, 0.3) is 6.08 Å². The first-order valence-electron chi connectivity index (χ1n) is 8.15. The monoisotopic (exact) mass is 434 g/mol. The van der Waals surface area contributed by atoms with Gasteiger partial charge in [0.05, 0.1) is 0 Å². The highest BCUT2D eigenvalue weighted by Crippen LogP contribution is 2.15. The summed E-state index contributed by atoms with van der Waals surface area (Å²) in [6.45, 7) is 3.36. The Morgan fingerprint density at radius 1 is 1.11 bits per heavy atom. The van der Waals surface area contributed by atoms with E-state index in [-0.39, 0.29) is 17.4 Å². The van der Waals surface area contributed by atoms with Gasteiger partial charge in [-0.1, -0.05) is 44.2 Å². The Morgan fingerprint density at radius 3 is 2.30 bits per heavy atom. The van der Waals surface area contributed by atoms with Crippen LogP contribution in [-0.2, 0) is 9.59 Å². The third-order valence-electron chi connectivity index (χ3n) is 3.62. The fourth-order valence-corrected chi connectivity index (χ4v) is 2.53. The van der Waals surface area contributed by atoms with Crippen molar-refractivity contribution in [2.45, 2.75) is 19.9 Å². The zero-order chi connectivity index (χ0) is 20.0. The van der Waals surface area contributed by atoms with Crippen LogP contribution in [-0.4, -0.2) is 28.9 Å². The van der Waals surface area contributed by atoms with Gasteiger partial charge in [-0.3, -0.25) is 9.59 Å². The number of carbonyl (C=O) groups excluding carboxylic acids is 2. The number of benzene rings is 1. The summed E-state index contributed by atoms with van der Waals surface area (Å²) in [4.78, 5) is 36.4. The van der Waals surface area contributed by atoms with E-state index in [1.54, 1.807) is 44.2 Å². The number of hydrogen-bond donors (Lipinski definition) is 3. The van der Waals surface area contributed by atoms with Gasteiger partial charge < -0.3 is 20.2 Å². The number of furan rings is 1. The van der Waals surface area contributed by atoms with Crippen molar-refractivity contribution in [2.75, 3.05) is 0 Å². The highest BCUT2D eigenvalue weighted by Gasteiger charge is 2.26. The number of amides is 2. The molecule has 0 spiro atoms. The van der Waals surface area contributed by atoms with E-state index in [1.165, 1.54) is 12.1 Å². The largest absolute Gasteiger partial charge is 0.480 e. The summed E-state index contributed by atoms with van der Waals surface area (Å²) in [7, 11) is 0. The van der Waals surface area contributed by atoms with Crippen molar-refractivity contribution in [1.29, 1.82) is 0 Å². The van der Waals surface area contributed by atoms with Crippen LogP contribution in [0.3, 0.4) is 0 Å². The van der Waals surface area contributed by atoms with Gasteiger partial charge in [-0.25, -0.2) is 4.79 Å². The van der Waals surface area contributed by atoms with E-state index < -0.39 is 23.8 Å². The minimum atomic E-state index is -1.15. The van der Waals surface area contributed by atoms with Crippen molar-refractivity contribution in [2.24, 2.45) is 5.92 Å². The molecule has 0 saturated heterocycles. The topological polar surface area (TPSA) is 109 Å². The number of rotatable bonds is 7. The first-order valence-corrected chi connectivity index (χ1v) is 8.94. The summed E-state index contributed by atoms with van der Waals surface area (Å²) in [5, 5.41) is 14.2. The van der Waals surface area contributed by atoms with Gasteiger partial charge in [0.2, 0.25) is 0 Å². The lowest BCUT2D eigenvalue weighted by Gasteiger charge is -2.19. The SMILES string of the molecule is CC(C)C(NC(=O)/C(=C\c1ccccc1)NC(=O)c1ccc(Br)o1)C(=O)O. The molecule has 2 rings (SSSR count). The van der Waals surface area contributed by atoms with Crippen LogP contribution in [0, 0.1) is 5.92 Å². The fraction of sp³-hybridized carbons (Fsp3) is 0.211. The van der Waals surface area contributed by atoms with E-state index in [0.29, 0.717) is 10.2 Å². The number of carboxylic acid groups (broad SMARTS) is 1. The second kappa shape index (κ2) is 9.18. The predicted octanol–water partition coefficient (Wildman–Crippen LogP) is 3.04. The number of carboxylic acids is 1. The summed E-state index contributed by atoms with van der Waals surface area (Å²) in [6, 6.07) is 10.8. The molecule has 0 aliphatic heterocycles. The molecule has 0 bridgehead atoms. The normalized spacial score (nSPS) is 12.5. The summed E-state index contributed by atoms with van der Waals surface area (Å²) in [5.41, 5.74) is 0.575. The Balaban J connectivity index is 2.29. The Hall–Kier alpha value is -2.87. The lowest BCUT2D eigenvalue weighted by atomic mass is 10.0. The molecule has 0 aliphatic carbocycles. The second-order valence-corrected chi connectivity index (χ2v) is 6.84. The first kappa shape index (κ1) is 20.4. The predicted molar refractivity (Wildman–Crippen MR) is 103 cm³/mol. The second-order valence-electron chi connectivity index (χ2n) is 6.06. The highest BCUT2D eigenvalue weighted by molar-refractivity contribution is 9.10. The molecule has 1 heterocycles. The van der Waals surface area contributed by atoms with E-state index in [2.05, 4.69) is 26.6 Å². The molecule has 1 atom stereocenters. The molecule has 2 amide bonds. The zero-order valence-corrected chi connectivity index (χ0v) is 16.3. The van der Waals surface area contributed by atoms with Crippen LogP contribution in [0.2, 0.25) is 0 Å². The lowest BCUT2D eigenvalue weighted by Crippen LogP contribution is -2.47. The first-order chi connectivity index (χ1) is 12.8. The third kappa shape index (κ3) is 5.82. The van der Waals surface area contributed by atoms with Gasteiger partial charge >= 0.3 is 5.97 Å². The molecule has 1 unspecified atom stereocenters. The standard InChI is InChI=1S/C19H19BrN2O5/c1-11(2)16(19(25)26)22-17(23)13(10-12-6-4-3-5-7-12)21-18(24)14-8-9-15(20)27-14/h3-11,16H,1-2H3,(H,21,24)(H,22,23)(H,25,26)/b13-10+. The van der Waals surface area contributed by atoms with Crippen LogP contribution in [0.15, 0.2) is 57.2 Å². The van der Waals surface area contributed by atoms with Gasteiger partial charge in [0.15, 0.2) is 10.4 Å². The molecule has 3 N–H and O–H groups in total. The molecular weight excluding hydrogens is 416 g/mol. The van der Waals surface area contributed by atoms with Crippen molar-refractivity contribution < 1.29 is 23.9 Å². The molecule has 2 aromatic rings. The summed E-state index contributed by atoms with van der Waals surface area (Å²) >= 11 is 3.11. The quantitative estimate of drug-likeness (QED) is 0.580. The van der Waals surface area contributed by atoms with Gasteiger partial charge in [-0.05, 0) is 45.6 Å². The van der Waals surface area contributed by atoms with E-state index in [0.717, 1.165) is 0 Å². The Morgan fingerprint density at radius 2 is 1.78 bits per heavy atom. The Bertz CT molecular complexity index is 858. The number of nitrogens with one attached hydrogen (secondary N) is 2. The molecule has 0 fully saturated rings. The molecule has 0 radical (unpaired) electrons. The van der Waals surface area contributed by atoms with Gasteiger partial charge in [-0.15, -0.1) is 0 Å². The number of aliphatic carboxylic acids is 1. The van der Waals surface area contributed by atoms with Crippen LogP contribution in [0.5, 0.6) is 0 Å². The third-order valence-corrected chi connectivity index (χ3v) is 4.05. The maximum absolute atomic E-state index is 12.6. The van der Waals surface area contributed by atoms with Crippen molar-refractivity contribution >= 4 is 39.8 Å². The average Bonchev–Trinajstić information content (AvgIpc) is 3.05. The van der Waals surface area contributed by atoms with Gasteiger partial charge in [0.1, 0.15) is 11.7 Å². The molecule has 0 aliphatic rings. The van der Waals surface area contributed by atoms with Gasteiger partial charge in [-0.2, -0.15) is 0 Å². The molecule has 142 valence electrons. The summed E-state index contributed by atoms with van der Waals surface area (Å²) in [5.74, 6) is -2.82. The molecule has 0 saturated carbocycles. The Labute approximate surface area is 164 Å². The van der Waals surface area contributed by atoms with Crippen LogP contribution in [0.4, 0.5) is 0 Å². The van der Waals surface area contributed by atoms with Crippen molar-refractivity contribution in [1.82, 2.24) is 10.6 Å². The maximum Gasteiger partial charge on any atom is 0.326 e. The van der Waals surface area contributed by atoms with Gasteiger partial charge in [0, 0.05) is 0 Å². The highest BCUT2D eigenvalue weighted by atomic mass is 79.9. The minimum absolute atomic E-state index is 0.00674. The van der Waals surface area contributed by atoms with Crippen molar-refractivity contribution in [3.05, 3.63) is 64.2 Å². The van der Waals surface area contributed by atoms with E-state index >= 15 is 0 Å². The van der Waals surface area contributed by atoms with Crippen molar-refractivity contribution in [3.63, 3.8) is 0 Å². The molecule has 1 aromatic heterocycles.